The van der Waals surface area contributed by atoms with Gasteiger partial charge in [-0.15, -0.1) is 6.58 Å². The molecule has 3 N–H and O–H groups in total. The summed E-state index contributed by atoms with van der Waals surface area (Å²) in [6.45, 7) is 14.1. The van der Waals surface area contributed by atoms with Crippen molar-refractivity contribution in [2.45, 2.75) is 58.3 Å². The molecule has 54 heavy (non-hydrogen) atoms. The Labute approximate surface area is 313 Å². The largest absolute Gasteiger partial charge is 0.497 e. The Morgan fingerprint density at radius 2 is 1.81 bits per heavy atom. The van der Waals surface area contributed by atoms with E-state index in [1.165, 1.54) is 11.0 Å². The highest BCUT2D eigenvalue weighted by Crippen LogP contribution is 2.51. The molecule has 2 saturated heterocycles. The number of aromatic nitrogens is 1. The molecule has 2 aromatic carbocycles. The SMILES string of the molecule is C=CC1C(C(=O)O)=C1C1C(Oc2cc(-c3ccc4c(c3)OCO4)nc3cc(OC)ccc23)CN(C(=O)[C@H](C(C)C)N2CCN(C(C)(C)C)C2=O)[C@@H]1C(N)=O. The van der Waals surface area contributed by atoms with Crippen molar-refractivity contribution in [2.24, 2.45) is 23.5 Å². The second-order valence-electron chi connectivity index (χ2n) is 15.4. The number of amides is 4. The topological polar surface area (TPSA) is 174 Å². The highest BCUT2D eigenvalue weighted by molar-refractivity contribution is 5.98. The molecule has 4 aliphatic rings. The molecule has 14 nitrogen and oxygen atoms in total. The van der Waals surface area contributed by atoms with Gasteiger partial charge in [-0.2, -0.15) is 0 Å². The van der Waals surface area contributed by atoms with Gasteiger partial charge in [-0.25, -0.2) is 14.6 Å². The van der Waals surface area contributed by atoms with Gasteiger partial charge in [0.2, 0.25) is 18.6 Å². The lowest BCUT2D eigenvalue weighted by atomic mass is 9.91. The average molecular weight is 740 g/mol. The molecule has 3 aromatic rings. The van der Waals surface area contributed by atoms with Gasteiger partial charge in [0, 0.05) is 59.1 Å². The van der Waals surface area contributed by atoms with Crippen LogP contribution in [0.2, 0.25) is 0 Å². The molecule has 0 bridgehead atoms. The summed E-state index contributed by atoms with van der Waals surface area (Å²) in [7, 11) is 1.55. The van der Waals surface area contributed by atoms with Gasteiger partial charge in [0.05, 0.1) is 24.9 Å². The molecule has 1 aliphatic carbocycles. The van der Waals surface area contributed by atoms with Crippen molar-refractivity contribution < 1.29 is 43.2 Å². The van der Waals surface area contributed by atoms with Crippen LogP contribution in [0.5, 0.6) is 23.0 Å². The number of methoxy groups -OCH3 is 1. The van der Waals surface area contributed by atoms with E-state index in [1.54, 1.807) is 47.2 Å². The number of urea groups is 1. The molecule has 1 aromatic heterocycles. The van der Waals surface area contributed by atoms with Gasteiger partial charge in [-0.1, -0.05) is 19.9 Å². The number of benzene rings is 2. The number of fused-ring (bicyclic) bond motifs is 2. The molecule has 7 rings (SSSR count). The number of pyridine rings is 1. The zero-order valence-electron chi connectivity index (χ0n) is 31.2. The Bertz CT molecular complexity index is 2110. The van der Waals surface area contributed by atoms with Crippen LogP contribution in [0.4, 0.5) is 4.79 Å². The molecule has 4 amide bonds. The number of carboxylic acids is 1. The first-order valence-electron chi connectivity index (χ1n) is 18.0. The third-order valence-electron chi connectivity index (χ3n) is 10.7. The quantitative estimate of drug-likeness (QED) is 0.268. The van der Waals surface area contributed by atoms with Crippen molar-refractivity contribution >= 4 is 34.7 Å². The summed E-state index contributed by atoms with van der Waals surface area (Å²) in [5.41, 5.74) is 7.98. The van der Waals surface area contributed by atoms with Crippen molar-refractivity contribution in [2.75, 3.05) is 33.5 Å². The molecule has 0 saturated carbocycles. The van der Waals surface area contributed by atoms with Crippen molar-refractivity contribution in [1.82, 2.24) is 19.7 Å². The van der Waals surface area contributed by atoms with Crippen LogP contribution in [-0.4, -0.2) is 106 Å². The van der Waals surface area contributed by atoms with E-state index in [1.807, 2.05) is 46.8 Å². The fourth-order valence-electron chi connectivity index (χ4n) is 8.15. The summed E-state index contributed by atoms with van der Waals surface area (Å²) in [5, 5.41) is 10.8. The lowest BCUT2D eigenvalue weighted by molar-refractivity contribution is -0.142. The first kappa shape index (κ1) is 36.6. The van der Waals surface area contributed by atoms with Crippen LogP contribution in [0.1, 0.15) is 34.6 Å². The molecule has 3 unspecified atom stereocenters. The number of nitrogens with zero attached hydrogens (tertiary/aromatic N) is 4. The van der Waals surface area contributed by atoms with Gasteiger partial charge in [0.25, 0.3) is 0 Å². The average Bonchev–Trinajstić information content (AvgIpc) is 3.38. The molecule has 0 spiro atoms. The Hall–Kier alpha value is -5.79. The van der Waals surface area contributed by atoms with E-state index in [4.69, 9.17) is 29.7 Å². The number of carboxylic acid groups (broad SMARTS) is 1. The minimum absolute atomic E-state index is 0.0884. The maximum atomic E-state index is 14.8. The minimum atomic E-state index is -1.27. The fourth-order valence-corrected chi connectivity index (χ4v) is 8.15. The van der Waals surface area contributed by atoms with E-state index < -0.39 is 53.3 Å². The third-order valence-corrected chi connectivity index (χ3v) is 10.7. The summed E-state index contributed by atoms with van der Waals surface area (Å²) in [6, 6.07) is 10.1. The number of primary amides is 1. The molecule has 3 aliphatic heterocycles. The monoisotopic (exact) mass is 739 g/mol. The van der Waals surface area contributed by atoms with E-state index in [0.29, 0.717) is 63.8 Å². The first-order valence-corrected chi connectivity index (χ1v) is 18.0. The van der Waals surface area contributed by atoms with Gasteiger partial charge >= 0.3 is 12.0 Å². The molecular formula is C40H45N5O9. The number of rotatable bonds is 11. The van der Waals surface area contributed by atoms with Crippen molar-refractivity contribution in [3.8, 4) is 34.3 Å². The van der Waals surface area contributed by atoms with Crippen molar-refractivity contribution in [3.63, 3.8) is 0 Å². The van der Waals surface area contributed by atoms with Gasteiger partial charge in [0.15, 0.2) is 11.5 Å². The number of aliphatic carboxylic acids is 1. The van der Waals surface area contributed by atoms with Crippen LogP contribution in [0, 0.1) is 17.8 Å². The number of hydrogen-bond acceptors (Lipinski definition) is 9. The highest BCUT2D eigenvalue weighted by atomic mass is 16.7. The Balaban J connectivity index is 1.32. The first-order chi connectivity index (χ1) is 25.6. The normalized spacial score (nSPS) is 22.6. The summed E-state index contributed by atoms with van der Waals surface area (Å²) in [6.07, 6.45) is 0.580. The predicted molar refractivity (Wildman–Crippen MR) is 198 cm³/mol. The van der Waals surface area contributed by atoms with E-state index >= 15 is 0 Å². The molecular weight excluding hydrogens is 694 g/mol. The van der Waals surface area contributed by atoms with E-state index in [9.17, 15) is 24.3 Å². The lowest BCUT2D eigenvalue weighted by Crippen LogP contribution is -2.57. The predicted octanol–water partition coefficient (Wildman–Crippen LogP) is 4.46. The second kappa shape index (κ2) is 13.6. The number of hydrogen-bond donors (Lipinski definition) is 2. The summed E-state index contributed by atoms with van der Waals surface area (Å²) in [5.74, 6) is -2.20. The number of nitrogens with two attached hydrogens (primary N) is 1. The molecule has 4 heterocycles. The standard InChI is InChI=1S/C40H45N5O9/c1-8-23-31(32(23)38(48)49)33-30(18-44(35(33)36(41)46)37(47)34(20(2)3)43-13-14-45(39(43)50)40(4,5)6)54-28-17-25(21-9-12-27-29(15-21)53-19-52-27)42-26-16-22(51-7)10-11-24(26)28/h8-12,15-17,20,23,30,33-35H,1,13-14,18-19H2,2-7H3,(H2,41,46)(H,48,49)/t23?,30?,33?,34-,35-/m0/s1. The molecule has 0 radical (unpaired) electrons. The zero-order chi connectivity index (χ0) is 38.8. The molecule has 2 fully saturated rings. The number of carbonyl (C=O) groups excluding carboxylic acids is 3. The molecule has 5 atom stereocenters. The third kappa shape index (κ3) is 6.22. The van der Waals surface area contributed by atoms with E-state index in [-0.39, 0.29) is 30.9 Å². The van der Waals surface area contributed by atoms with Crippen LogP contribution in [-0.2, 0) is 14.4 Å². The van der Waals surface area contributed by atoms with Gasteiger partial charge in [0.1, 0.15) is 29.7 Å². The minimum Gasteiger partial charge on any atom is -0.497 e. The number of likely N-dealkylation sites (tertiary alicyclic amines) is 1. The van der Waals surface area contributed by atoms with Crippen LogP contribution < -0.4 is 24.7 Å². The smallest absolute Gasteiger partial charge is 0.332 e. The summed E-state index contributed by atoms with van der Waals surface area (Å²) in [4.78, 5) is 64.1. The van der Waals surface area contributed by atoms with Gasteiger partial charge in [-0.05, 0) is 62.6 Å². The Morgan fingerprint density at radius 3 is 2.43 bits per heavy atom. The number of ether oxygens (including phenoxy) is 4. The maximum Gasteiger partial charge on any atom is 0.332 e. The van der Waals surface area contributed by atoms with E-state index in [2.05, 4.69) is 6.58 Å². The van der Waals surface area contributed by atoms with E-state index in [0.717, 1.165) is 0 Å². The number of allylic oxidation sites excluding steroid dienone is 1. The van der Waals surface area contributed by atoms with Gasteiger partial charge < -0.3 is 44.5 Å². The second-order valence-corrected chi connectivity index (χ2v) is 15.4. The summed E-state index contributed by atoms with van der Waals surface area (Å²) < 4.78 is 23.5. The van der Waals surface area contributed by atoms with Crippen LogP contribution >= 0.6 is 0 Å². The van der Waals surface area contributed by atoms with Crippen LogP contribution in [0.25, 0.3) is 22.2 Å². The Kier molecular flexibility index (Phi) is 9.18. The van der Waals surface area contributed by atoms with Crippen LogP contribution in [0.3, 0.4) is 0 Å². The fraction of sp³-hybridized carbons (Fsp3) is 0.425. The zero-order valence-corrected chi connectivity index (χ0v) is 31.2. The maximum absolute atomic E-state index is 14.8. The van der Waals surface area contributed by atoms with Gasteiger partial charge in [-0.3, -0.25) is 9.59 Å². The van der Waals surface area contributed by atoms with Crippen molar-refractivity contribution in [1.29, 1.82) is 0 Å². The highest BCUT2D eigenvalue weighted by Gasteiger charge is 2.58. The Morgan fingerprint density at radius 1 is 1.07 bits per heavy atom. The molecule has 284 valence electrons. The molecule has 14 heteroatoms. The lowest BCUT2D eigenvalue weighted by Gasteiger charge is -2.36. The summed E-state index contributed by atoms with van der Waals surface area (Å²) >= 11 is 0. The van der Waals surface area contributed by atoms with Crippen LogP contribution in [0.15, 0.2) is 66.3 Å². The van der Waals surface area contributed by atoms with Crippen molar-refractivity contribution in [3.05, 3.63) is 66.3 Å². The number of carbonyl (C=O) groups is 4.